The van der Waals surface area contributed by atoms with E-state index in [1.54, 1.807) is 18.3 Å². The molecule has 20 heavy (non-hydrogen) atoms. The fourth-order valence-corrected chi connectivity index (χ4v) is 2.21. The Bertz CT molecular complexity index is 640. The van der Waals surface area contributed by atoms with Gasteiger partial charge in [0.1, 0.15) is 10.3 Å². The lowest BCUT2D eigenvalue weighted by molar-refractivity contribution is 0.566. The summed E-state index contributed by atoms with van der Waals surface area (Å²) in [5.41, 5.74) is 1.40. The van der Waals surface area contributed by atoms with Crippen LogP contribution in [0.2, 0.25) is 0 Å². The predicted octanol–water partition coefficient (Wildman–Crippen LogP) is 3.17. The van der Waals surface area contributed by atoms with Gasteiger partial charge in [-0.2, -0.15) is 5.10 Å². The molecule has 0 aliphatic heterocycles. The van der Waals surface area contributed by atoms with Crippen LogP contribution in [0.5, 0.6) is 0 Å². The molecule has 0 spiro atoms. The summed E-state index contributed by atoms with van der Waals surface area (Å²) in [6, 6.07) is 6.21. The van der Waals surface area contributed by atoms with E-state index in [9.17, 15) is 9.18 Å². The molecule has 1 heterocycles. The number of hydrogen-bond acceptors (Lipinski definition) is 3. The summed E-state index contributed by atoms with van der Waals surface area (Å²) in [6.07, 6.45) is 2.46. The van der Waals surface area contributed by atoms with Crippen LogP contribution >= 0.6 is 15.9 Å². The molecule has 6 heteroatoms. The van der Waals surface area contributed by atoms with Crippen LogP contribution in [0.15, 0.2) is 39.7 Å². The number of anilines is 1. The van der Waals surface area contributed by atoms with Gasteiger partial charge in [0.2, 0.25) is 0 Å². The first-order valence-electron chi connectivity index (χ1n) is 6.35. The Kier molecular flexibility index (Phi) is 4.89. The molecular weight excluding hydrogens is 325 g/mol. The summed E-state index contributed by atoms with van der Waals surface area (Å²) in [7, 11) is 0. The fourth-order valence-electron chi connectivity index (χ4n) is 1.76. The Morgan fingerprint density at radius 3 is 2.70 bits per heavy atom. The normalized spacial score (nSPS) is 10.6. The molecule has 0 saturated carbocycles. The Labute approximate surface area is 124 Å². The van der Waals surface area contributed by atoms with E-state index < -0.39 is 0 Å². The topological polar surface area (TPSA) is 46.9 Å². The highest BCUT2D eigenvalue weighted by atomic mass is 79.9. The van der Waals surface area contributed by atoms with Crippen molar-refractivity contribution < 1.29 is 4.39 Å². The lowest BCUT2D eigenvalue weighted by Gasteiger charge is -2.10. The van der Waals surface area contributed by atoms with E-state index in [2.05, 4.69) is 26.3 Å². The molecule has 4 nitrogen and oxygen atoms in total. The first-order chi connectivity index (χ1) is 9.61. The van der Waals surface area contributed by atoms with Crippen LogP contribution in [-0.4, -0.2) is 9.78 Å². The maximum Gasteiger partial charge on any atom is 0.283 e. The summed E-state index contributed by atoms with van der Waals surface area (Å²) in [5.74, 6) is -0.265. The summed E-state index contributed by atoms with van der Waals surface area (Å²) in [6.45, 7) is 3.08. The highest BCUT2D eigenvalue weighted by molar-refractivity contribution is 9.10. The smallest absolute Gasteiger partial charge is 0.283 e. The van der Waals surface area contributed by atoms with Crippen LogP contribution in [-0.2, 0) is 13.1 Å². The van der Waals surface area contributed by atoms with Crippen molar-refractivity contribution in [2.45, 2.75) is 26.4 Å². The maximum absolute atomic E-state index is 12.8. The molecule has 2 aromatic rings. The largest absolute Gasteiger partial charge is 0.379 e. The zero-order valence-corrected chi connectivity index (χ0v) is 12.7. The summed E-state index contributed by atoms with van der Waals surface area (Å²) in [5, 5.41) is 7.22. The second kappa shape index (κ2) is 6.65. The molecular formula is C14H15BrFN3O. The molecule has 1 N–H and O–H groups in total. The average molecular weight is 340 g/mol. The van der Waals surface area contributed by atoms with Crippen LogP contribution in [0, 0.1) is 5.82 Å². The molecule has 0 aliphatic carbocycles. The van der Waals surface area contributed by atoms with E-state index >= 15 is 0 Å². The quantitative estimate of drug-likeness (QED) is 0.910. The first kappa shape index (κ1) is 14.7. The molecule has 0 amide bonds. The number of benzene rings is 1. The number of rotatable bonds is 5. The summed E-state index contributed by atoms with van der Waals surface area (Å²) in [4.78, 5) is 12.0. The van der Waals surface area contributed by atoms with Gasteiger partial charge in [-0.1, -0.05) is 19.1 Å². The van der Waals surface area contributed by atoms with Crippen molar-refractivity contribution in [3.8, 4) is 0 Å². The number of aryl methyl sites for hydroxylation is 1. The van der Waals surface area contributed by atoms with Crippen LogP contribution in [0.1, 0.15) is 18.9 Å². The fraction of sp³-hybridized carbons (Fsp3) is 0.286. The zero-order valence-electron chi connectivity index (χ0n) is 11.1. The number of nitrogens with zero attached hydrogens (tertiary/aromatic N) is 2. The van der Waals surface area contributed by atoms with Crippen LogP contribution in [0.25, 0.3) is 0 Å². The van der Waals surface area contributed by atoms with Crippen molar-refractivity contribution in [2.24, 2.45) is 0 Å². The molecule has 0 aliphatic rings. The Balaban J connectivity index is 2.12. The zero-order chi connectivity index (χ0) is 14.5. The number of halogens is 2. The van der Waals surface area contributed by atoms with E-state index in [0.717, 1.165) is 12.0 Å². The van der Waals surface area contributed by atoms with Crippen molar-refractivity contribution in [3.05, 3.63) is 56.7 Å². The molecule has 0 unspecified atom stereocenters. The van der Waals surface area contributed by atoms with Crippen molar-refractivity contribution in [3.63, 3.8) is 0 Å². The van der Waals surface area contributed by atoms with E-state index in [0.29, 0.717) is 23.2 Å². The SMILES string of the molecule is CCCn1ncc(NCc2ccc(F)cc2)c(Br)c1=O. The third-order valence-electron chi connectivity index (χ3n) is 2.82. The third-order valence-corrected chi connectivity index (χ3v) is 3.58. The Hall–Kier alpha value is -1.69. The van der Waals surface area contributed by atoms with Gasteiger partial charge in [0.05, 0.1) is 11.9 Å². The van der Waals surface area contributed by atoms with E-state index in [1.807, 2.05) is 6.92 Å². The Morgan fingerprint density at radius 2 is 2.05 bits per heavy atom. The monoisotopic (exact) mass is 339 g/mol. The number of nitrogens with one attached hydrogen (secondary N) is 1. The third kappa shape index (κ3) is 3.45. The maximum atomic E-state index is 12.8. The molecule has 1 aromatic carbocycles. The average Bonchev–Trinajstić information content (AvgIpc) is 2.45. The standard InChI is InChI=1S/C14H15BrFN3O/c1-2-7-19-14(20)13(15)12(9-18-19)17-8-10-3-5-11(16)6-4-10/h3-6,9,17H,2,7-8H2,1H3. The first-order valence-corrected chi connectivity index (χ1v) is 7.15. The van der Waals surface area contributed by atoms with E-state index in [4.69, 9.17) is 0 Å². The lowest BCUT2D eigenvalue weighted by atomic mass is 10.2. The summed E-state index contributed by atoms with van der Waals surface area (Å²) >= 11 is 3.29. The van der Waals surface area contributed by atoms with E-state index in [1.165, 1.54) is 16.8 Å². The summed E-state index contributed by atoms with van der Waals surface area (Å²) < 4.78 is 14.7. The van der Waals surface area contributed by atoms with Crippen molar-refractivity contribution in [1.29, 1.82) is 0 Å². The van der Waals surface area contributed by atoms with E-state index in [-0.39, 0.29) is 11.4 Å². The van der Waals surface area contributed by atoms with Gasteiger partial charge in [0.15, 0.2) is 0 Å². The minimum Gasteiger partial charge on any atom is -0.379 e. The van der Waals surface area contributed by atoms with Gasteiger partial charge in [-0.25, -0.2) is 9.07 Å². The molecule has 0 atom stereocenters. The molecule has 0 bridgehead atoms. The van der Waals surface area contributed by atoms with Crippen molar-refractivity contribution >= 4 is 21.6 Å². The van der Waals surface area contributed by atoms with Gasteiger partial charge in [-0.05, 0) is 40.0 Å². The minimum absolute atomic E-state index is 0.157. The molecule has 1 aromatic heterocycles. The van der Waals surface area contributed by atoms with Crippen molar-refractivity contribution in [2.75, 3.05) is 5.32 Å². The Morgan fingerprint density at radius 1 is 1.35 bits per heavy atom. The van der Waals surface area contributed by atoms with Crippen LogP contribution < -0.4 is 10.9 Å². The van der Waals surface area contributed by atoms with Crippen LogP contribution in [0.4, 0.5) is 10.1 Å². The molecule has 0 saturated heterocycles. The van der Waals surface area contributed by atoms with Crippen LogP contribution in [0.3, 0.4) is 0 Å². The lowest BCUT2D eigenvalue weighted by Crippen LogP contribution is -2.24. The van der Waals surface area contributed by atoms with Gasteiger partial charge in [0.25, 0.3) is 5.56 Å². The van der Waals surface area contributed by atoms with Gasteiger partial charge >= 0.3 is 0 Å². The van der Waals surface area contributed by atoms with Gasteiger partial charge in [0, 0.05) is 13.1 Å². The van der Waals surface area contributed by atoms with Crippen molar-refractivity contribution in [1.82, 2.24) is 9.78 Å². The molecule has 0 fully saturated rings. The number of aromatic nitrogens is 2. The second-order valence-corrected chi connectivity index (χ2v) is 5.17. The predicted molar refractivity (Wildman–Crippen MR) is 80.2 cm³/mol. The highest BCUT2D eigenvalue weighted by Crippen LogP contribution is 2.17. The number of hydrogen-bond donors (Lipinski definition) is 1. The van der Waals surface area contributed by atoms with Gasteiger partial charge in [-0.15, -0.1) is 0 Å². The van der Waals surface area contributed by atoms with Gasteiger partial charge < -0.3 is 5.32 Å². The minimum atomic E-state index is -0.265. The highest BCUT2D eigenvalue weighted by Gasteiger charge is 2.08. The van der Waals surface area contributed by atoms with Gasteiger partial charge in [-0.3, -0.25) is 4.79 Å². The molecule has 106 valence electrons. The molecule has 2 rings (SSSR count). The molecule has 0 radical (unpaired) electrons. The second-order valence-electron chi connectivity index (χ2n) is 4.38.